The van der Waals surface area contributed by atoms with E-state index in [-0.39, 0.29) is 23.7 Å². The summed E-state index contributed by atoms with van der Waals surface area (Å²) in [5.74, 6) is -0.941. The number of ether oxygens (including phenoxy) is 1. The summed E-state index contributed by atoms with van der Waals surface area (Å²) in [5, 5.41) is 9.88. The molecule has 1 rings (SSSR count). The SMILES string of the molecule is C=C(C(=O)OCC(C)C)C(O)c1cccc(F)c1. The number of esters is 1. The van der Waals surface area contributed by atoms with Crippen LogP contribution in [0.2, 0.25) is 0 Å². The maximum Gasteiger partial charge on any atom is 0.336 e. The van der Waals surface area contributed by atoms with Gasteiger partial charge in [0.15, 0.2) is 0 Å². The van der Waals surface area contributed by atoms with Crippen molar-refractivity contribution in [1.29, 1.82) is 0 Å². The van der Waals surface area contributed by atoms with E-state index in [0.29, 0.717) is 0 Å². The van der Waals surface area contributed by atoms with E-state index in [1.807, 2.05) is 13.8 Å². The van der Waals surface area contributed by atoms with Gasteiger partial charge in [-0.25, -0.2) is 9.18 Å². The quantitative estimate of drug-likeness (QED) is 0.647. The molecule has 0 aliphatic carbocycles. The summed E-state index contributed by atoms with van der Waals surface area (Å²) in [6.45, 7) is 7.55. The Morgan fingerprint density at radius 2 is 2.17 bits per heavy atom. The first-order valence-corrected chi connectivity index (χ1v) is 5.71. The van der Waals surface area contributed by atoms with Gasteiger partial charge in [0.05, 0.1) is 12.2 Å². The van der Waals surface area contributed by atoms with Crippen LogP contribution in [0, 0.1) is 11.7 Å². The van der Waals surface area contributed by atoms with Crippen molar-refractivity contribution in [3.8, 4) is 0 Å². The smallest absolute Gasteiger partial charge is 0.336 e. The summed E-state index contributed by atoms with van der Waals surface area (Å²) >= 11 is 0. The van der Waals surface area contributed by atoms with Gasteiger partial charge in [-0.3, -0.25) is 0 Å². The van der Waals surface area contributed by atoms with E-state index in [1.54, 1.807) is 0 Å². The fourth-order valence-electron chi connectivity index (χ4n) is 1.32. The van der Waals surface area contributed by atoms with Crippen molar-refractivity contribution < 1.29 is 19.0 Å². The van der Waals surface area contributed by atoms with Crippen molar-refractivity contribution in [2.75, 3.05) is 6.61 Å². The lowest BCUT2D eigenvalue weighted by molar-refractivity contribution is -0.141. The van der Waals surface area contributed by atoms with E-state index >= 15 is 0 Å². The van der Waals surface area contributed by atoms with Crippen LogP contribution in [0.25, 0.3) is 0 Å². The minimum atomic E-state index is -1.25. The Balaban J connectivity index is 2.69. The van der Waals surface area contributed by atoms with Gasteiger partial charge in [0.2, 0.25) is 0 Å². The highest BCUT2D eigenvalue weighted by Gasteiger charge is 2.20. The predicted molar refractivity (Wildman–Crippen MR) is 66.3 cm³/mol. The zero-order valence-electron chi connectivity index (χ0n) is 10.5. The summed E-state index contributed by atoms with van der Waals surface area (Å²) in [6.07, 6.45) is -1.25. The maximum atomic E-state index is 13.0. The van der Waals surface area contributed by atoms with Gasteiger partial charge in [-0.2, -0.15) is 0 Å². The van der Waals surface area contributed by atoms with Crippen LogP contribution in [0.1, 0.15) is 25.5 Å². The molecule has 1 aromatic carbocycles. The molecule has 18 heavy (non-hydrogen) atoms. The lowest BCUT2D eigenvalue weighted by atomic mass is 10.0. The van der Waals surface area contributed by atoms with Crippen LogP contribution < -0.4 is 0 Å². The average Bonchev–Trinajstić information content (AvgIpc) is 2.34. The maximum absolute atomic E-state index is 13.0. The molecule has 0 radical (unpaired) electrons. The van der Waals surface area contributed by atoms with Crippen LogP contribution in [0.5, 0.6) is 0 Å². The molecular formula is C14H17FO3. The molecule has 0 saturated carbocycles. The summed E-state index contributed by atoms with van der Waals surface area (Å²) in [6, 6.07) is 5.40. The van der Waals surface area contributed by atoms with Gasteiger partial charge < -0.3 is 9.84 Å². The molecule has 0 heterocycles. The summed E-state index contributed by atoms with van der Waals surface area (Å²) in [5.41, 5.74) is 0.183. The van der Waals surface area contributed by atoms with Crippen molar-refractivity contribution in [2.24, 2.45) is 5.92 Å². The average molecular weight is 252 g/mol. The lowest BCUT2D eigenvalue weighted by Crippen LogP contribution is -2.16. The largest absolute Gasteiger partial charge is 0.462 e. The summed E-state index contributed by atoms with van der Waals surface area (Å²) in [4.78, 5) is 11.6. The molecule has 0 amide bonds. The number of rotatable bonds is 5. The Labute approximate surface area is 106 Å². The number of aliphatic hydroxyl groups is 1. The fourth-order valence-corrected chi connectivity index (χ4v) is 1.32. The number of benzene rings is 1. The number of aliphatic hydroxyl groups excluding tert-OH is 1. The third-order valence-corrected chi connectivity index (χ3v) is 2.30. The van der Waals surface area contributed by atoms with Gasteiger partial charge in [0, 0.05) is 0 Å². The van der Waals surface area contributed by atoms with Crippen LogP contribution in [-0.2, 0) is 9.53 Å². The molecule has 1 unspecified atom stereocenters. The minimum absolute atomic E-state index is 0.0961. The van der Waals surface area contributed by atoms with Gasteiger partial charge in [-0.15, -0.1) is 0 Å². The fraction of sp³-hybridized carbons (Fsp3) is 0.357. The molecule has 1 aromatic rings. The highest BCUT2D eigenvalue weighted by molar-refractivity contribution is 5.89. The van der Waals surface area contributed by atoms with Gasteiger partial charge >= 0.3 is 5.97 Å². The summed E-state index contributed by atoms with van der Waals surface area (Å²) < 4.78 is 17.9. The minimum Gasteiger partial charge on any atom is -0.462 e. The van der Waals surface area contributed by atoms with Crippen LogP contribution in [0.15, 0.2) is 36.4 Å². The Hall–Kier alpha value is -1.68. The highest BCUT2D eigenvalue weighted by Crippen LogP contribution is 2.21. The van der Waals surface area contributed by atoms with E-state index in [2.05, 4.69) is 6.58 Å². The third-order valence-electron chi connectivity index (χ3n) is 2.30. The van der Waals surface area contributed by atoms with Crippen molar-refractivity contribution in [3.05, 3.63) is 47.8 Å². The molecule has 0 aliphatic rings. The number of carbonyl (C=O) groups excluding carboxylic acids is 1. The number of carbonyl (C=O) groups is 1. The third kappa shape index (κ3) is 3.96. The van der Waals surface area contributed by atoms with Gasteiger partial charge in [-0.05, 0) is 23.6 Å². The van der Waals surface area contributed by atoms with Gasteiger partial charge in [-0.1, -0.05) is 32.6 Å². The van der Waals surface area contributed by atoms with Crippen LogP contribution in [0.3, 0.4) is 0 Å². The molecule has 0 aromatic heterocycles. The molecule has 4 heteroatoms. The normalized spacial score (nSPS) is 12.3. The number of hydrogen-bond donors (Lipinski definition) is 1. The van der Waals surface area contributed by atoms with Crippen LogP contribution in [0.4, 0.5) is 4.39 Å². The van der Waals surface area contributed by atoms with E-state index < -0.39 is 17.9 Å². The second-order valence-electron chi connectivity index (χ2n) is 4.48. The summed E-state index contributed by atoms with van der Waals surface area (Å²) in [7, 11) is 0. The van der Waals surface area contributed by atoms with Crippen LogP contribution in [-0.4, -0.2) is 17.7 Å². The Morgan fingerprint density at radius 3 is 2.72 bits per heavy atom. The second-order valence-corrected chi connectivity index (χ2v) is 4.48. The highest BCUT2D eigenvalue weighted by atomic mass is 19.1. The van der Waals surface area contributed by atoms with Crippen molar-refractivity contribution >= 4 is 5.97 Å². The molecule has 98 valence electrons. The molecule has 1 atom stereocenters. The molecular weight excluding hydrogens is 235 g/mol. The van der Waals surface area contributed by atoms with Gasteiger partial charge in [0.1, 0.15) is 11.9 Å². The number of halogens is 1. The molecule has 0 bridgehead atoms. The molecule has 0 saturated heterocycles. The Kier molecular flexibility index (Phi) is 5.04. The zero-order valence-corrected chi connectivity index (χ0v) is 10.5. The lowest BCUT2D eigenvalue weighted by Gasteiger charge is -2.14. The van der Waals surface area contributed by atoms with E-state index in [4.69, 9.17) is 4.74 Å². The molecule has 3 nitrogen and oxygen atoms in total. The van der Waals surface area contributed by atoms with E-state index in [0.717, 1.165) is 6.07 Å². The number of hydrogen-bond acceptors (Lipinski definition) is 3. The standard InChI is InChI=1S/C14H17FO3/c1-9(2)8-18-14(17)10(3)13(16)11-5-4-6-12(15)7-11/h4-7,9,13,16H,3,8H2,1-2H3. The van der Waals surface area contributed by atoms with Gasteiger partial charge in [0.25, 0.3) is 0 Å². The van der Waals surface area contributed by atoms with E-state index in [9.17, 15) is 14.3 Å². The van der Waals surface area contributed by atoms with E-state index in [1.165, 1.54) is 18.2 Å². The topological polar surface area (TPSA) is 46.5 Å². The van der Waals surface area contributed by atoms with Crippen molar-refractivity contribution in [1.82, 2.24) is 0 Å². The first-order valence-electron chi connectivity index (χ1n) is 5.71. The molecule has 1 N–H and O–H groups in total. The van der Waals surface area contributed by atoms with Crippen molar-refractivity contribution in [3.63, 3.8) is 0 Å². The monoisotopic (exact) mass is 252 g/mol. The van der Waals surface area contributed by atoms with Crippen molar-refractivity contribution in [2.45, 2.75) is 20.0 Å². The molecule has 0 spiro atoms. The first-order chi connectivity index (χ1) is 8.41. The van der Waals surface area contributed by atoms with Crippen LogP contribution >= 0.6 is 0 Å². The molecule has 0 aliphatic heterocycles. The predicted octanol–water partition coefficient (Wildman–Crippen LogP) is 2.61. The molecule has 0 fully saturated rings. The Morgan fingerprint density at radius 1 is 1.50 bits per heavy atom. The first kappa shape index (κ1) is 14.4. The zero-order chi connectivity index (χ0) is 13.7. The Bertz CT molecular complexity index is 440. The second kappa shape index (κ2) is 6.31.